The van der Waals surface area contributed by atoms with Crippen LogP contribution in [-0.2, 0) is 6.61 Å². The first kappa shape index (κ1) is 16.8. The van der Waals surface area contributed by atoms with Crippen LogP contribution in [0.15, 0.2) is 73.2 Å². The molecule has 0 saturated carbocycles. The van der Waals surface area contributed by atoms with Gasteiger partial charge in [0.1, 0.15) is 12.3 Å². The number of carbonyl (C=O) groups is 1. The standard InChI is InChI=1S/C22H18N2O3/c1-26-20-11-18-9-17(22(25)19-12-23-14-24-19)8-7-16(18)10-21(20)27-13-15-5-3-2-4-6-15/h2-12,14H,13H2,1H3,(H,23,24). The van der Waals surface area contributed by atoms with Gasteiger partial charge in [-0.2, -0.15) is 0 Å². The van der Waals surface area contributed by atoms with Gasteiger partial charge >= 0.3 is 0 Å². The normalized spacial score (nSPS) is 10.7. The van der Waals surface area contributed by atoms with E-state index in [0.717, 1.165) is 16.3 Å². The molecule has 5 heteroatoms. The van der Waals surface area contributed by atoms with Crippen molar-refractivity contribution in [3.63, 3.8) is 0 Å². The Morgan fingerprint density at radius 1 is 1.00 bits per heavy atom. The number of imidazole rings is 1. The number of ketones is 1. The summed E-state index contributed by atoms with van der Waals surface area (Å²) in [6, 6.07) is 19.3. The van der Waals surface area contributed by atoms with E-state index in [2.05, 4.69) is 9.97 Å². The van der Waals surface area contributed by atoms with Crippen molar-refractivity contribution >= 4 is 16.6 Å². The highest BCUT2D eigenvalue weighted by molar-refractivity contribution is 6.09. The molecule has 0 aliphatic heterocycles. The number of benzene rings is 3. The number of methoxy groups -OCH3 is 1. The maximum Gasteiger partial charge on any atom is 0.210 e. The molecular weight excluding hydrogens is 340 g/mol. The van der Waals surface area contributed by atoms with Gasteiger partial charge in [-0.3, -0.25) is 4.79 Å². The van der Waals surface area contributed by atoms with E-state index in [1.54, 1.807) is 13.2 Å². The first-order chi connectivity index (χ1) is 13.2. The molecule has 1 heterocycles. The largest absolute Gasteiger partial charge is 0.493 e. The van der Waals surface area contributed by atoms with Gasteiger partial charge in [0.2, 0.25) is 5.78 Å². The number of aromatic nitrogens is 2. The van der Waals surface area contributed by atoms with Crippen molar-refractivity contribution in [2.24, 2.45) is 0 Å². The lowest BCUT2D eigenvalue weighted by Gasteiger charge is -2.13. The lowest BCUT2D eigenvalue weighted by molar-refractivity contribution is 0.103. The van der Waals surface area contributed by atoms with E-state index in [4.69, 9.17) is 9.47 Å². The minimum Gasteiger partial charge on any atom is -0.493 e. The van der Waals surface area contributed by atoms with Crippen molar-refractivity contribution in [3.8, 4) is 11.5 Å². The topological polar surface area (TPSA) is 64.2 Å². The second-order valence-electron chi connectivity index (χ2n) is 6.13. The van der Waals surface area contributed by atoms with Gasteiger partial charge in [-0.25, -0.2) is 4.98 Å². The summed E-state index contributed by atoms with van der Waals surface area (Å²) < 4.78 is 11.4. The Balaban J connectivity index is 1.64. The van der Waals surface area contributed by atoms with Crippen molar-refractivity contribution in [3.05, 3.63) is 90.0 Å². The summed E-state index contributed by atoms with van der Waals surface area (Å²) in [6.45, 7) is 0.457. The first-order valence-electron chi connectivity index (χ1n) is 8.56. The molecule has 0 amide bonds. The van der Waals surface area contributed by atoms with Crippen LogP contribution in [0.2, 0.25) is 0 Å². The van der Waals surface area contributed by atoms with Gasteiger partial charge in [0.25, 0.3) is 0 Å². The molecular formula is C22H18N2O3. The number of fused-ring (bicyclic) bond motifs is 1. The average molecular weight is 358 g/mol. The average Bonchev–Trinajstić information content (AvgIpc) is 3.26. The molecule has 134 valence electrons. The third kappa shape index (κ3) is 3.53. The molecule has 0 aliphatic carbocycles. The maximum absolute atomic E-state index is 12.5. The van der Waals surface area contributed by atoms with Crippen molar-refractivity contribution in [1.82, 2.24) is 9.97 Å². The zero-order valence-corrected chi connectivity index (χ0v) is 14.8. The Morgan fingerprint density at radius 2 is 1.81 bits per heavy atom. The van der Waals surface area contributed by atoms with Crippen LogP contribution in [0, 0.1) is 0 Å². The highest BCUT2D eigenvalue weighted by atomic mass is 16.5. The molecule has 5 nitrogen and oxygen atoms in total. The quantitative estimate of drug-likeness (QED) is 0.520. The van der Waals surface area contributed by atoms with Crippen molar-refractivity contribution < 1.29 is 14.3 Å². The van der Waals surface area contributed by atoms with E-state index < -0.39 is 0 Å². The summed E-state index contributed by atoms with van der Waals surface area (Å²) in [5.74, 6) is 1.20. The number of nitrogens with one attached hydrogen (secondary N) is 1. The molecule has 0 bridgehead atoms. The number of H-pyrrole nitrogens is 1. The molecule has 1 aromatic heterocycles. The van der Waals surface area contributed by atoms with Crippen LogP contribution in [0.5, 0.6) is 11.5 Å². The predicted octanol–water partition coefficient (Wildman–Crippen LogP) is 4.38. The lowest BCUT2D eigenvalue weighted by atomic mass is 10.0. The van der Waals surface area contributed by atoms with Crippen LogP contribution < -0.4 is 9.47 Å². The fourth-order valence-electron chi connectivity index (χ4n) is 2.94. The maximum atomic E-state index is 12.5. The third-order valence-electron chi connectivity index (χ3n) is 4.36. The highest BCUT2D eigenvalue weighted by Gasteiger charge is 2.13. The summed E-state index contributed by atoms with van der Waals surface area (Å²) in [7, 11) is 1.61. The van der Waals surface area contributed by atoms with Crippen LogP contribution in [0.25, 0.3) is 10.8 Å². The minimum absolute atomic E-state index is 0.0993. The van der Waals surface area contributed by atoms with Crippen LogP contribution in [0.4, 0.5) is 0 Å². The van der Waals surface area contributed by atoms with E-state index in [1.165, 1.54) is 12.5 Å². The van der Waals surface area contributed by atoms with Gasteiger partial charge in [0.15, 0.2) is 11.5 Å². The molecule has 1 N–H and O–H groups in total. The summed E-state index contributed by atoms with van der Waals surface area (Å²) in [5.41, 5.74) is 2.14. The van der Waals surface area contributed by atoms with Gasteiger partial charge in [-0.05, 0) is 34.5 Å². The molecule has 3 aromatic carbocycles. The van der Waals surface area contributed by atoms with Gasteiger partial charge in [-0.15, -0.1) is 0 Å². The number of ether oxygens (including phenoxy) is 2. The predicted molar refractivity (Wildman–Crippen MR) is 103 cm³/mol. The van der Waals surface area contributed by atoms with E-state index >= 15 is 0 Å². The molecule has 4 aromatic rings. The number of carbonyl (C=O) groups excluding carboxylic acids is 1. The molecule has 0 saturated heterocycles. The first-order valence-corrected chi connectivity index (χ1v) is 8.56. The summed E-state index contributed by atoms with van der Waals surface area (Å²) in [5, 5.41) is 1.88. The molecule has 0 aliphatic rings. The lowest BCUT2D eigenvalue weighted by Crippen LogP contribution is -2.02. The second-order valence-corrected chi connectivity index (χ2v) is 6.13. The summed E-state index contributed by atoms with van der Waals surface area (Å²) in [6.07, 6.45) is 3.02. The van der Waals surface area contributed by atoms with E-state index in [-0.39, 0.29) is 5.78 Å². The summed E-state index contributed by atoms with van der Waals surface area (Å²) in [4.78, 5) is 19.2. The SMILES string of the molecule is COc1cc2cc(C(=O)c3cnc[nH]3)ccc2cc1OCc1ccccc1. The van der Waals surface area contributed by atoms with E-state index in [9.17, 15) is 4.79 Å². The Morgan fingerprint density at radius 3 is 2.56 bits per heavy atom. The number of hydrogen-bond donors (Lipinski definition) is 1. The van der Waals surface area contributed by atoms with Crippen molar-refractivity contribution in [2.75, 3.05) is 7.11 Å². The molecule has 4 rings (SSSR count). The molecule has 0 spiro atoms. The number of nitrogens with zero attached hydrogens (tertiary/aromatic N) is 1. The van der Waals surface area contributed by atoms with Gasteiger partial charge in [-0.1, -0.05) is 42.5 Å². The Labute approximate surface area is 156 Å². The van der Waals surface area contributed by atoms with Crippen LogP contribution in [-0.4, -0.2) is 22.9 Å². The van der Waals surface area contributed by atoms with Gasteiger partial charge < -0.3 is 14.5 Å². The van der Waals surface area contributed by atoms with Crippen LogP contribution in [0.1, 0.15) is 21.6 Å². The zero-order chi connectivity index (χ0) is 18.6. The summed E-state index contributed by atoms with van der Waals surface area (Å²) >= 11 is 0. The van der Waals surface area contributed by atoms with Crippen LogP contribution in [0.3, 0.4) is 0 Å². The molecule has 0 atom stereocenters. The third-order valence-corrected chi connectivity index (χ3v) is 4.36. The smallest absolute Gasteiger partial charge is 0.210 e. The highest BCUT2D eigenvalue weighted by Crippen LogP contribution is 2.33. The Hall–Kier alpha value is -3.60. The van der Waals surface area contributed by atoms with Gasteiger partial charge in [0, 0.05) is 5.56 Å². The second kappa shape index (κ2) is 7.33. The van der Waals surface area contributed by atoms with Crippen molar-refractivity contribution in [1.29, 1.82) is 0 Å². The number of aromatic amines is 1. The number of rotatable bonds is 6. The van der Waals surface area contributed by atoms with Gasteiger partial charge in [0.05, 0.1) is 19.6 Å². The molecule has 0 radical (unpaired) electrons. The Bertz CT molecular complexity index is 1070. The van der Waals surface area contributed by atoms with E-state index in [1.807, 2.05) is 54.6 Å². The van der Waals surface area contributed by atoms with Crippen LogP contribution >= 0.6 is 0 Å². The fourth-order valence-corrected chi connectivity index (χ4v) is 2.94. The minimum atomic E-state index is -0.0993. The molecule has 27 heavy (non-hydrogen) atoms. The fraction of sp³-hybridized carbons (Fsp3) is 0.0909. The Kier molecular flexibility index (Phi) is 4.58. The zero-order valence-electron chi connectivity index (χ0n) is 14.8. The van der Waals surface area contributed by atoms with E-state index in [0.29, 0.717) is 29.4 Å². The monoisotopic (exact) mass is 358 g/mol. The molecule has 0 unspecified atom stereocenters. The molecule has 0 fully saturated rings. The number of hydrogen-bond acceptors (Lipinski definition) is 4. The van der Waals surface area contributed by atoms with Crippen molar-refractivity contribution in [2.45, 2.75) is 6.61 Å².